The summed E-state index contributed by atoms with van der Waals surface area (Å²) in [4.78, 5) is 4.25. The summed E-state index contributed by atoms with van der Waals surface area (Å²) in [5.74, 6) is 0.741. The van der Waals surface area contributed by atoms with Gasteiger partial charge in [-0.05, 0) is 30.3 Å². The summed E-state index contributed by atoms with van der Waals surface area (Å²) >= 11 is 0. The van der Waals surface area contributed by atoms with Gasteiger partial charge in [-0.15, -0.1) is 0 Å². The standard InChI is InChI=1S/C14H12FNO2/c15-10-3-4-13-11(7-10)9(8-17)6-12-14(18-13)2-1-5-16-12/h1-5,7,9,17H,6,8H2. The normalized spacial score (nSPS) is 17.3. The van der Waals surface area contributed by atoms with Gasteiger partial charge >= 0.3 is 0 Å². The topological polar surface area (TPSA) is 42.4 Å². The summed E-state index contributed by atoms with van der Waals surface area (Å²) in [6, 6.07) is 7.99. The first-order valence-corrected chi connectivity index (χ1v) is 5.80. The zero-order valence-electron chi connectivity index (χ0n) is 9.64. The van der Waals surface area contributed by atoms with Crippen LogP contribution in [-0.2, 0) is 6.42 Å². The molecule has 1 aliphatic heterocycles. The van der Waals surface area contributed by atoms with Gasteiger partial charge in [0.05, 0.1) is 12.3 Å². The lowest BCUT2D eigenvalue weighted by molar-refractivity contribution is 0.263. The zero-order chi connectivity index (χ0) is 12.5. The third kappa shape index (κ3) is 1.84. The number of pyridine rings is 1. The van der Waals surface area contributed by atoms with Gasteiger partial charge in [-0.3, -0.25) is 4.98 Å². The van der Waals surface area contributed by atoms with E-state index >= 15 is 0 Å². The maximum Gasteiger partial charge on any atom is 0.148 e. The fourth-order valence-electron chi connectivity index (χ4n) is 2.23. The molecule has 0 spiro atoms. The first-order valence-electron chi connectivity index (χ1n) is 5.80. The average Bonchev–Trinajstić information content (AvgIpc) is 2.54. The number of rotatable bonds is 1. The Morgan fingerprint density at radius 3 is 3.06 bits per heavy atom. The number of aromatic nitrogens is 1. The van der Waals surface area contributed by atoms with Gasteiger partial charge in [0.15, 0.2) is 0 Å². The van der Waals surface area contributed by atoms with E-state index in [1.54, 1.807) is 18.3 Å². The van der Waals surface area contributed by atoms with Crippen LogP contribution in [-0.4, -0.2) is 16.7 Å². The third-order valence-corrected chi connectivity index (χ3v) is 3.14. The molecular formula is C14H12FNO2. The number of hydrogen-bond donors (Lipinski definition) is 1. The van der Waals surface area contributed by atoms with Crippen molar-refractivity contribution in [2.75, 3.05) is 6.61 Å². The second-order valence-corrected chi connectivity index (χ2v) is 4.32. The molecular weight excluding hydrogens is 233 g/mol. The van der Waals surface area contributed by atoms with Crippen molar-refractivity contribution in [2.45, 2.75) is 12.3 Å². The number of halogens is 1. The van der Waals surface area contributed by atoms with Gasteiger partial charge in [0.25, 0.3) is 0 Å². The van der Waals surface area contributed by atoms with Crippen LogP contribution in [0.1, 0.15) is 17.2 Å². The minimum Gasteiger partial charge on any atom is -0.455 e. The lowest BCUT2D eigenvalue weighted by Crippen LogP contribution is -2.07. The molecule has 1 atom stereocenters. The maximum atomic E-state index is 13.3. The summed E-state index contributed by atoms with van der Waals surface area (Å²) in [6.07, 6.45) is 2.23. The Morgan fingerprint density at radius 2 is 2.22 bits per heavy atom. The molecule has 1 unspecified atom stereocenters. The van der Waals surface area contributed by atoms with Gasteiger partial charge in [-0.2, -0.15) is 0 Å². The molecule has 18 heavy (non-hydrogen) atoms. The minimum absolute atomic E-state index is 0.0597. The molecule has 1 aromatic carbocycles. The highest BCUT2D eigenvalue weighted by Gasteiger charge is 2.24. The molecule has 2 heterocycles. The Morgan fingerprint density at radius 1 is 1.33 bits per heavy atom. The maximum absolute atomic E-state index is 13.3. The Labute approximate surface area is 104 Å². The summed E-state index contributed by atoms with van der Waals surface area (Å²) in [5, 5.41) is 9.47. The van der Waals surface area contributed by atoms with Crippen molar-refractivity contribution in [3.63, 3.8) is 0 Å². The van der Waals surface area contributed by atoms with Crippen LogP contribution in [0.25, 0.3) is 0 Å². The number of ether oxygens (including phenoxy) is 1. The Hall–Kier alpha value is -1.94. The van der Waals surface area contributed by atoms with Crippen LogP contribution in [0, 0.1) is 5.82 Å². The fraction of sp³-hybridized carbons (Fsp3) is 0.214. The van der Waals surface area contributed by atoms with E-state index in [0.717, 1.165) is 5.69 Å². The van der Waals surface area contributed by atoms with Gasteiger partial charge < -0.3 is 9.84 Å². The molecule has 1 N–H and O–H groups in total. The van der Waals surface area contributed by atoms with E-state index in [-0.39, 0.29) is 18.3 Å². The average molecular weight is 245 g/mol. The van der Waals surface area contributed by atoms with Crippen molar-refractivity contribution in [3.8, 4) is 11.5 Å². The van der Waals surface area contributed by atoms with Crippen molar-refractivity contribution in [1.29, 1.82) is 0 Å². The van der Waals surface area contributed by atoms with E-state index in [9.17, 15) is 9.50 Å². The van der Waals surface area contributed by atoms with E-state index in [1.807, 2.05) is 6.07 Å². The van der Waals surface area contributed by atoms with Gasteiger partial charge in [0, 0.05) is 24.1 Å². The number of fused-ring (bicyclic) bond motifs is 2. The summed E-state index contributed by atoms with van der Waals surface area (Å²) in [7, 11) is 0. The van der Waals surface area contributed by atoms with Crippen LogP contribution in [0.2, 0.25) is 0 Å². The van der Waals surface area contributed by atoms with Crippen LogP contribution in [0.3, 0.4) is 0 Å². The molecule has 3 rings (SSSR count). The van der Waals surface area contributed by atoms with E-state index in [2.05, 4.69) is 4.98 Å². The number of hydrogen-bond acceptors (Lipinski definition) is 3. The molecule has 1 aromatic heterocycles. The number of aliphatic hydroxyl groups is 1. The highest BCUT2D eigenvalue weighted by Crippen LogP contribution is 2.38. The van der Waals surface area contributed by atoms with Crippen molar-refractivity contribution < 1.29 is 14.2 Å². The predicted molar refractivity (Wildman–Crippen MR) is 64.2 cm³/mol. The molecule has 0 fully saturated rings. The van der Waals surface area contributed by atoms with E-state index in [1.165, 1.54) is 12.1 Å². The summed E-state index contributed by atoms with van der Waals surface area (Å²) in [6.45, 7) is -0.0597. The molecule has 4 heteroatoms. The summed E-state index contributed by atoms with van der Waals surface area (Å²) in [5.41, 5.74) is 1.48. The van der Waals surface area contributed by atoms with Gasteiger partial charge in [-0.25, -0.2) is 4.39 Å². The lowest BCUT2D eigenvalue weighted by atomic mass is 9.94. The van der Waals surface area contributed by atoms with Gasteiger partial charge in [0.1, 0.15) is 17.3 Å². The first kappa shape index (κ1) is 11.2. The molecule has 0 saturated heterocycles. The van der Waals surface area contributed by atoms with Crippen LogP contribution >= 0.6 is 0 Å². The molecule has 2 aromatic rings. The van der Waals surface area contributed by atoms with Gasteiger partial charge in [0.2, 0.25) is 0 Å². The Balaban J connectivity index is 2.14. The van der Waals surface area contributed by atoms with Crippen LogP contribution in [0.5, 0.6) is 11.5 Å². The molecule has 0 bridgehead atoms. The molecule has 1 aliphatic rings. The molecule has 3 nitrogen and oxygen atoms in total. The van der Waals surface area contributed by atoms with Crippen LogP contribution in [0.4, 0.5) is 4.39 Å². The van der Waals surface area contributed by atoms with Crippen molar-refractivity contribution in [1.82, 2.24) is 4.98 Å². The van der Waals surface area contributed by atoms with Crippen molar-refractivity contribution >= 4 is 0 Å². The van der Waals surface area contributed by atoms with Crippen LogP contribution < -0.4 is 4.74 Å². The number of benzene rings is 1. The van der Waals surface area contributed by atoms with Crippen molar-refractivity contribution in [3.05, 3.63) is 53.6 Å². The van der Waals surface area contributed by atoms with Crippen molar-refractivity contribution in [2.24, 2.45) is 0 Å². The molecule has 0 radical (unpaired) electrons. The quantitative estimate of drug-likeness (QED) is 0.839. The summed E-state index contributed by atoms with van der Waals surface area (Å²) < 4.78 is 19.1. The highest BCUT2D eigenvalue weighted by atomic mass is 19.1. The molecule has 92 valence electrons. The van der Waals surface area contributed by atoms with Gasteiger partial charge in [-0.1, -0.05) is 0 Å². The Bertz CT molecular complexity index is 586. The van der Waals surface area contributed by atoms with E-state index in [4.69, 9.17) is 4.74 Å². The number of nitrogens with zero attached hydrogens (tertiary/aromatic N) is 1. The zero-order valence-corrected chi connectivity index (χ0v) is 9.64. The molecule has 0 saturated carbocycles. The predicted octanol–water partition coefficient (Wildman–Crippen LogP) is 2.65. The monoisotopic (exact) mass is 245 g/mol. The second kappa shape index (κ2) is 4.38. The largest absolute Gasteiger partial charge is 0.455 e. The highest BCUT2D eigenvalue weighted by molar-refractivity contribution is 5.45. The molecule has 0 amide bonds. The second-order valence-electron chi connectivity index (χ2n) is 4.32. The smallest absolute Gasteiger partial charge is 0.148 e. The SMILES string of the molecule is OCC1Cc2ncccc2Oc2ccc(F)cc21. The first-order chi connectivity index (χ1) is 8.78. The lowest BCUT2D eigenvalue weighted by Gasteiger charge is -2.13. The van der Waals surface area contributed by atoms with E-state index < -0.39 is 0 Å². The third-order valence-electron chi connectivity index (χ3n) is 3.14. The fourth-order valence-corrected chi connectivity index (χ4v) is 2.23. The number of aliphatic hydroxyl groups excluding tert-OH is 1. The minimum atomic E-state index is -0.324. The Kier molecular flexibility index (Phi) is 2.72. The van der Waals surface area contributed by atoms with E-state index in [0.29, 0.717) is 23.5 Å². The van der Waals surface area contributed by atoms with Crippen LogP contribution in [0.15, 0.2) is 36.5 Å². The molecule has 0 aliphatic carbocycles.